The van der Waals surface area contributed by atoms with Crippen LogP contribution < -0.4 is 10.1 Å². The first kappa shape index (κ1) is 17.6. The maximum atomic E-state index is 12.7. The number of methoxy groups -OCH3 is 1. The molecule has 1 aliphatic rings. The number of hydrogen-bond acceptors (Lipinski definition) is 5. The predicted molar refractivity (Wildman–Crippen MR) is 97.2 cm³/mol. The van der Waals surface area contributed by atoms with Crippen molar-refractivity contribution in [1.82, 2.24) is 0 Å². The summed E-state index contributed by atoms with van der Waals surface area (Å²) in [4.78, 5) is 24.9. The summed E-state index contributed by atoms with van der Waals surface area (Å²) >= 11 is 7.71. The van der Waals surface area contributed by atoms with Gasteiger partial charge in [-0.05, 0) is 29.8 Å². The maximum absolute atomic E-state index is 12.7. The third-order valence-corrected chi connectivity index (χ3v) is 5.62. The van der Waals surface area contributed by atoms with Crippen molar-refractivity contribution in [3.63, 3.8) is 0 Å². The molecule has 25 heavy (non-hydrogen) atoms. The van der Waals surface area contributed by atoms with Crippen LogP contribution in [0.5, 0.6) is 5.75 Å². The number of nitrogens with one attached hydrogen (secondary N) is 1. The lowest BCUT2D eigenvalue weighted by Gasteiger charge is -2.23. The topological polar surface area (TPSA) is 64.6 Å². The van der Waals surface area contributed by atoms with Crippen LogP contribution in [0.1, 0.15) is 17.7 Å². The number of amides is 1. The smallest absolute Gasteiger partial charge is 0.303 e. The molecule has 1 heterocycles. The van der Waals surface area contributed by atoms with E-state index in [1.807, 2.05) is 12.1 Å². The zero-order valence-corrected chi connectivity index (χ0v) is 15.2. The number of esters is 1. The minimum Gasteiger partial charge on any atom is -0.497 e. The molecular weight excluding hydrogens is 362 g/mol. The van der Waals surface area contributed by atoms with Gasteiger partial charge in [0.25, 0.3) is 5.91 Å². The second-order valence-electron chi connectivity index (χ2n) is 5.45. The van der Waals surface area contributed by atoms with E-state index in [4.69, 9.17) is 21.1 Å². The first-order valence-electron chi connectivity index (χ1n) is 7.57. The van der Waals surface area contributed by atoms with E-state index in [0.29, 0.717) is 16.5 Å². The van der Waals surface area contributed by atoms with Crippen LogP contribution in [0.2, 0.25) is 5.02 Å². The Morgan fingerprint density at radius 1 is 1.20 bits per heavy atom. The number of fused-ring (bicyclic) bond motifs is 1. The van der Waals surface area contributed by atoms with Crippen LogP contribution in [0.4, 0.5) is 5.69 Å². The Hall–Kier alpha value is -2.18. The summed E-state index contributed by atoms with van der Waals surface area (Å²) in [6.45, 7) is 1.29. The molecule has 0 radical (unpaired) electrons. The lowest BCUT2D eigenvalue weighted by molar-refractivity contribution is -0.152. The van der Waals surface area contributed by atoms with Gasteiger partial charge in [-0.1, -0.05) is 29.8 Å². The minimum atomic E-state index is -0.973. The number of benzene rings is 2. The molecule has 0 saturated carbocycles. The zero-order valence-electron chi connectivity index (χ0n) is 13.6. The fourth-order valence-corrected chi connectivity index (χ4v) is 4.17. The molecule has 3 rings (SSSR count). The van der Waals surface area contributed by atoms with Crippen molar-refractivity contribution >= 4 is 40.9 Å². The second-order valence-corrected chi connectivity index (χ2v) is 7.01. The molecule has 2 aromatic carbocycles. The number of ether oxygens (including phenoxy) is 2. The minimum absolute atomic E-state index is 0.385. The molecule has 1 N–H and O–H groups in total. The van der Waals surface area contributed by atoms with E-state index in [0.717, 1.165) is 10.5 Å². The summed E-state index contributed by atoms with van der Waals surface area (Å²) in [5, 5.41) is 2.89. The van der Waals surface area contributed by atoms with Gasteiger partial charge in [-0.15, -0.1) is 11.8 Å². The number of thioether (sulfide) groups is 1. The first-order chi connectivity index (χ1) is 12.0. The van der Waals surface area contributed by atoms with Crippen molar-refractivity contribution < 1.29 is 19.1 Å². The fraction of sp³-hybridized carbons (Fsp3) is 0.222. The highest BCUT2D eigenvalue weighted by Crippen LogP contribution is 2.47. The van der Waals surface area contributed by atoms with E-state index in [9.17, 15) is 9.59 Å². The molecule has 130 valence electrons. The Labute approximate surface area is 154 Å². The standard InChI is InChI=1S/C18H16ClNO4S/c1-10(21)24-15-16(11-6-8-12(23-2)9-7-11)25-17-13(19)4-3-5-14(17)20-18(15)22/h3-9,15-16H,1-2H3,(H,20,22)/t15-,16+/m1/s1. The van der Waals surface area contributed by atoms with E-state index in [1.165, 1.54) is 18.7 Å². The monoisotopic (exact) mass is 377 g/mol. The summed E-state index contributed by atoms with van der Waals surface area (Å²) in [7, 11) is 1.58. The van der Waals surface area contributed by atoms with E-state index in [1.54, 1.807) is 37.4 Å². The van der Waals surface area contributed by atoms with E-state index in [2.05, 4.69) is 5.32 Å². The summed E-state index contributed by atoms with van der Waals surface area (Å²) in [6, 6.07) is 12.6. The van der Waals surface area contributed by atoms with E-state index >= 15 is 0 Å². The number of rotatable bonds is 3. The van der Waals surface area contributed by atoms with Crippen molar-refractivity contribution in [2.75, 3.05) is 12.4 Å². The number of carbonyl (C=O) groups is 2. The molecule has 0 unspecified atom stereocenters. The van der Waals surface area contributed by atoms with Gasteiger partial charge in [0, 0.05) is 6.92 Å². The Bertz CT molecular complexity index is 809. The Morgan fingerprint density at radius 3 is 2.56 bits per heavy atom. The molecule has 1 aliphatic heterocycles. The lowest BCUT2D eigenvalue weighted by atomic mass is 10.1. The molecule has 2 atom stereocenters. The highest BCUT2D eigenvalue weighted by atomic mass is 35.5. The van der Waals surface area contributed by atoms with Crippen molar-refractivity contribution in [2.24, 2.45) is 0 Å². The molecule has 0 aliphatic carbocycles. The lowest BCUT2D eigenvalue weighted by Crippen LogP contribution is -2.34. The molecule has 7 heteroatoms. The molecule has 2 aromatic rings. The van der Waals surface area contributed by atoms with Crippen LogP contribution in [-0.2, 0) is 14.3 Å². The SMILES string of the molecule is COc1ccc([C@@H]2Sc3c(Cl)cccc3NC(=O)[C@@H]2OC(C)=O)cc1. The summed E-state index contributed by atoms with van der Waals surface area (Å²) < 4.78 is 10.5. The molecule has 1 amide bonds. The van der Waals surface area contributed by atoms with Gasteiger partial charge in [0.05, 0.1) is 28.0 Å². The summed E-state index contributed by atoms with van der Waals surface area (Å²) in [5.74, 6) is -0.199. The quantitative estimate of drug-likeness (QED) is 0.817. The molecule has 5 nitrogen and oxygen atoms in total. The third-order valence-electron chi connectivity index (χ3n) is 3.74. The molecule has 0 aromatic heterocycles. The van der Waals surface area contributed by atoms with Crippen molar-refractivity contribution in [1.29, 1.82) is 0 Å². The van der Waals surface area contributed by atoms with Crippen LogP contribution in [0.15, 0.2) is 47.4 Å². The molecule has 0 bridgehead atoms. The predicted octanol–water partition coefficient (Wildman–Crippen LogP) is 4.07. The number of anilines is 1. The van der Waals surface area contributed by atoms with Crippen LogP contribution in [0.25, 0.3) is 0 Å². The average Bonchev–Trinajstić information content (AvgIpc) is 2.73. The molecule has 0 fully saturated rings. The number of carbonyl (C=O) groups excluding carboxylic acids is 2. The third kappa shape index (κ3) is 3.75. The van der Waals surface area contributed by atoms with Crippen LogP contribution in [0, 0.1) is 0 Å². The summed E-state index contributed by atoms with van der Waals surface area (Å²) in [6.07, 6.45) is -0.973. The largest absolute Gasteiger partial charge is 0.497 e. The molecular formula is C18H16ClNO4S. The molecule has 0 saturated heterocycles. The number of halogens is 1. The van der Waals surface area contributed by atoms with Crippen LogP contribution in [-0.4, -0.2) is 25.1 Å². The van der Waals surface area contributed by atoms with E-state index in [-0.39, 0.29) is 5.91 Å². The van der Waals surface area contributed by atoms with Crippen molar-refractivity contribution in [3.8, 4) is 5.75 Å². The van der Waals surface area contributed by atoms with Gasteiger partial charge in [0.1, 0.15) is 5.75 Å². The zero-order chi connectivity index (χ0) is 18.0. The van der Waals surface area contributed by atoms with Gasteiger partial charge in [0.2, 0.25) is 0 Å². The van der Waals surface area contributed by atoms with Gasteiger partial charge in [-0.2, -0.15) is 0 Å². The van der Waals surface area contributed by atoms with Gasteiger partial charge >= 0.3 is 5.97 Å². The van der Waals surface area contributed by atoms with Crippen LogP contribution in [0.3, 0.4) is 0 Å². The van der Waals surface area contributed by atoms with Crippen molar-refractivity contribution in [3.05, 3.63) is 53.1 Å². The van der Waals surface area contributed by atoms with Gasteiger partial charge in [-0.25, -0.2) is 0 Å². The van der Waals surface area contributed by atoms with Crippen molar-refractivity contribution in [2.45, 2.75) is 23.2 Å². The Kier molecular flexibility index (Phi) is 5.20. The fourth-order valence-electron chi connectivity index (χ4n) is 2.59. The second kappa shape index (κ2) is 7.37. The Balaban J connectivity index is 2.06. The average molecular weight is 378 g/mol. The van der Waals surface area contributed by atoms with Gasteiger partial charge in [0.15, 0.2) is 6.10 Å². The van der Waals surface area contributed by atoms with Gasteiger partial charge < -0.3 is 14.8 Å². The first-order valence-corrected chi connectivity index (χ1v) is 8.82. The number of hydrogen-bond donors (Lipinski definition) is 1. The highest BCUT2D eigenvalue weighted by Gasteiger charge is 2.37. The summed E-state index contributed by atoms with van der Waals surface area (Å²) in [5.41, 5.74) is 1.44. The molecule has 0 spiro atoms. The normalized spacial score (nSPS) is 19.4. The maximum Gasteiger partial charge on any atom is 0.303 e. The van der Waals surface area contributed by atoms with Crippen LogP contribution >= 0.6 is 23.4 Å². The highest BCUT2D eigenvalue weighted by molar-refractivity contribution is 8.00. The van der Waals surface area contributed by atoms with E-state index < -0.39 is 17.3 Å². The Morgan fingerprint density at radius 2 is 1.92 bits per heavy atom. The van der Waals surface area contributed by atoms with Gasteiger partial charge in [-0.3, -0.25) is 9.59 Å².